The topological polar surface area (TPSA) is 26.3 Å². The minimum absolute atomic E-state index is 0.129. The maximum atomic E-state index is 11.0. The van der Waals surface area contributed by atoms with Gasteiger partial charge >= 0.3 is 5.97 Å². The average molecular weight is 170 g/mol. The molecule has 1 atom stereocenters. The summed E-state index contributed by atoms with van der Waals surface area (Å²) in [6, 6.07) is 0. The van der Waals surface area contributed by atoms with Crippen LogP contribution >= 0.6 is 0 Å². The molecule has 0 saturated heterocycles. The Bertz CT molecular complexity index is 150. The van der Waals surface area contributed by atoms with Crippen LogP contribution in [0.15, 0.2) is 12.7 Å². The standard InChI is InChI=1S/C10H18O2/c1-5-9(8(3)4)7-10(11)12-6-2/h5,8-9H,1,6-7H2,2-4H3/t9-/m0/s1. The SMILES string of the molecule is C=C[C@@H](CC(=O)OCC)C(C)C. The third-order valence-electron chi connectivity index (χ3n) is 1.87. The van der Waals surface area contributed by atoms with Gasteiger partial charge in [0, 0.05) is 0 Å². The largest absolute Gasteiger partial charge is 0.466 e. The van der Waals surface area contributed by atoms with Gasteiger partial charge in [0.25, 0.3) is 0 Å². The highest BCUT2D eigenvalue weighted by Crippen LogP contribution is 2.16. The molecule has 70 valence electrons. The summed E-state index contributed by atoms with van der Waals surface area (Å²) in [4.78, 5) is 11.0. The van der Waals surface area contributed by atoms with E-state index < -0.39 is 0 Å². The number of rotatable bonds is 5. The maximum Gasteiger partial charge on any atom is 0.306 e. The maximum absolute atomic E-state index is 11.0. The summed E-state index contributed by atoms with van der Waals surface area (Å²) < 4.78 is 4.84. The predicted octanol–water partition coefficient (Wildman–Crippen LogP) is 2.40. The first kappa shape index (κ1) is 11.2. The zero-order valence-corrected chi connectivity index (χ0v) is 8.17. The van der Waals surface area contributed by atoms with E-state index in [0.29, 0.717) is 18.9 Å². The van der Waals surface area contributed by atoms with E-state index in [9.17, 15) is 4.79 Å². The second-order valence-corrected chi connectivity index (χ2v) is 3.15. The fourth-order valence-electron chi connectivity index (χ4n) is 1.00. The van der Waals surface area contributed by atoms with Gasteiger partial charge in [0.05, 0.1) is 13.0 Å². The molecule has 0 aliphatic carbocycles. The van der Waals surface area contributed by atoms with Crippen LogP contribution in [0.3, 0.4) is 0 Å². The Hall–Kier alpha value is -0.790. The summed E-state index contributed by atoms with van der Waals surface area (Å²) in [7, 11) is 0. The highest BCUT2D eigenvalue weighted by molar-refractivity contribution is 5.69. The molecule has 0 fully saturated rings. The van der Waals surface area contributed by atoms with Gasteiger partial charge in [0.2, 0.25) is 0 Å². The fourth-order valence-corrected chi connectivity index (χ4v) is 1.00. The van der Waals surface area contributed by atoms with E-state index in [-0.39, 0.29) is 11.9 Å². The first-order valence-corrected chi connectivity index (χ1v) is 4.40. The lowest BCUT2D eigenvalue weighted by Gasteiger charge is -2.14. The summed E-state index contributed by atoms with van der Waals surface area (Å²) in [5, 5.41) is 0. The van der Waals surface area contributed by atoms with Gasteiger partial charge in [-0.1, -0.05) is 19.9 Å². The van der Waals surface area contributed by atoms with Crippen LogP contribution in [0.25, 0.3) is 0 Å². The molecular formula is C10H18O2. The molecule has 12 heavy (non-hydrogen) atoms. The molecule has 0 N–H and O–H groups in total. The van der Waals surface area contributed by atoms with Gasteiger partial charge in [-0.2, -0.15) is 0 Å². The third kappa shape index (κ3) is 4.16. The number of esters is 1. The summed E-state index contributed by atoms with van der Waals surface area (Å²) in [6.45, 7) is 10.1. The monoisotopic (exact) mass is 170 g/mol. The molecule has 0 spiro atoms. The van der Waals surface area contributed by atoms with Crippen molar-refractivity contribution in [2.45, 2.75) is 27.2 Å². The van der Waals surface area contributed by atoms with Gasteiger partial charge in [-0.15, -0.1) is 6.58 Å². The Balaban J connectivity index is 3.85. The van der Waals surface area contributed by atoms with E-state index in [0.717, 1.165) is 0 Å². The van der Waals surface area contributed by atoms with Crippen molar-refractivity contribution in [2.24, 2.45) is 11.8 Å². The fraction of sp³-hybridized carbons (Fsp3) is 0.700. The van der Waals surface area contributed by atoms with Crippen LogP contribution in [-0.2, 0) is 9.53 Å². The highest BCUT2D eigenvalue weighted by atomic mass is 16.5. The van der Waals surface area contributed by atoms with Crippen molar-refractivity contribution in [3.05, 3.63) is 12.7 Å². The van der Waals surface area contributed by atoms with E-state index in [1.54, 1.807) is 0 Å². The molecular weight excluding hydrogens is 152 g/mol. The van der Waals surface area contributed by atoms with Crippen molar-refractivity contribution >= 4 is 5.97 Å². The van der Waals surface area contributed by atoms with E-state index in [1.807, 2.05) is 13.0 Å². The minimum atomic E-state index is -0.129. The molecule has 0 aromatic carbocycles. The zero-order chi connectivity index (χ0) is 9.56. The number of hydrogen-bond donors (Lipinski definition) is 0. The van der Waals surface area contributed by atoms with Crippen molar-refractivity contribution in [3.8, 4) is 0 Å². The molecule has 0 unspecified atom stereocenters. The normalized spacial score (nSPS) is 12.7. The second-order valence-electron chi connectivity index (χ2n) is 3.15. The number of hydrogen-bond acceptors (Lipinski definition) is 2. The van der Waals surface area contributed by atoms with Crippen molar-refractivity contribution in [1.82, 2.24) is 0 Å². The molecule has 0 rings (SSSR count). The van der Waals surface area contributed by atoms with E-state index in [4.69, 9.17) is 4.74 Å². The molecule has 0 aromatic heterocycles. The smallest absolute Gasteiger partial charge is 0.306 e. The number of ether oxygens (including phenoxy) is 1. The average Bonchev–Trinajstić information content (AvgIpc) is 2.00. The van der Waals surface area contributed by atoms with E-state index in [2.05, 4.69) is 20.4 Å². The summed E-state index contributed by atoms with van der Waals surface area (Å²) >= 11 is 0. The van der Waals surface area contributed by atoms with Gasteiger partial charge in [0.15, 0.2) is 0 Å². The molecule has 0 aliphatic rings. The Morgan fingerprint density at radius 3 is 2.50 bits per heavy atom. The highest BCUT2D eigenvalue weighted by Gasteiger charge is 2.14. The quantitative estimate of drug-likeness (QED) is 0.468. The van der Waals surface area contributed by atoms with Crippen LogP contribution in [0.4, 0.5) is 0 Å². The van der Waals surface area contributed by atoms with Crippen LogP contribution in [-0.4, -0.2) is 12.6 Å². The van der Waals surface area contributed by atoms with E-state index >= 15 is 0 Å². The summed E-state index contributed by atoms with van der Waals surface area (Å²) in [6.07, 6.45) is 2.27. The molecule has 0 saturated carbocycles. The molecule has 0 heterocycles. The molecule has 0 aromatic rings. The number of allylic oxidation sites excluding steroid dienone is 1. The Morgan fingerprint density at radius 1 is 1.58 bits per heavy atom. The number of carbonyl (C=O) groups excluding carboxylic acids is 1. The van der Waals surface area contributed by atoms with Crippen LogP contribution in [0, 0.1) is 11.8 Å². The van der Waals surface area contributed by atoms with E-state index in [1.165, 1.54) is 0 Å². The molecule has 0 amide bonds. The summed E-state index contributed by atoms with van der Waals surface area (Å²) in [5.41, 5.74) is 0. The second kappa shape index (κ2) is 5.81. The van der Waals surface area contributed by atoms with Gasteiger partial charge in [0.1, 0.15) is 0 Å². The molecule has 0 aliphatic heterocycles. The van der Waals surface area contributed by atoms with Crippen LogP contribution < -0.4 is 0 Å². The van der Waals surface area contributed by atoms with Gasteiger partial charge in [-0.3, -0.25) is 4.79 Å². The lowest BCUT2D eigenvalue weighted by atomic mass is 9.93. The van der Waals surface area contributed by atoms with Crippen molar-refractivity contribution in [3.63, 3.8) is 0 Å². The first-order chi connectivity index (χ1) is 5.61. The first-order valence-electron chi connectivity index (χ1n) is 4.40. The van der Waals surface area contributed by atoms with Gasteiger partial charge in [-0.25, -0.2) is 0 Å². The van der Waals surface area contributed by atoms with Crippen LogP contribution in [0.2, 0.25) is 0 Å². The third-order valence-corrected chi connectivity index (χ3v) is 1.87. The van der Waals surface area contributed by atoms with Crippen molar-refractivity contribution in [1.29, 1.82) is 0 Å². The predicted molar refractivity (Wildman–Crippen MR) is 49.8 cm³/mol. The van der Waals surface area contributed by atoms with Crippen molar-refractivity contribution < 1.29 is 9.53 Å². The van der Waals surface area contributed by atoms with Gasteiger partial charge in [-0.05, 0) is 18.8 Å². The lowest BCUT2D eigenvalue weighted by molar-refractivity contribution is -0.144. The number of carbonyl (C=O) groups is 1. The molecule has 0 bridgehead atoms. The Labute approximate surface area is 74.6 Å². The van der Waals surface area contributed by atoms with Crippen molar-refractivity contribution in [2.75, 3.05) is 6.61 Å². The summed E-state index contributed by atoms with van der Waals surface area (Å²) in [5.74, 6) is 0.562. The lowest BCUT2D eigenvalue weighted by Crippen LogP contribution is -2.14. The van der Waals surface area contributed by atoms with Crippen LogP contribution in [0.5, 0.6) is 0 Å². The van der Waals surface area contributed by atoms with Gasteiger partial charge < -0.3 is 4.74 Å². The molecule has 2 heteroatoms. The zero-order valence-electron chi connectivity index (χ0n) is 8.17. The Kier molecular flexibility index (Phi) is 5.43. The minimum Gasteiger partial charge on any atom is -0.466 e. The molecule has 0 radical (unpaired) electrons. The molecule has 2 nitrogen and oxygen atoms in total. The Morgan fingerprint density at radius 2 is 2.17 bits per heavy atom. The van der Waals surface area contributed by atoms with Crippen LogP contribution in [0.1, 0.15) is 27.2 Å².